The molecule has 0 spiro atoms. The van der Waals surface area contributed by atoms with Crippen LogP contribution < -0.4 is 5.32 Å². The van der Waals surface area contributed by atoms with Gasteiger partial charge in [0.05, 0.1) is 5.56 Å². The second-order valence-electron chi connectivity index (χ2n) is 6.51. The minimum Gasteiger partial charge on any atom is -0.367 e. The molecule has 2 atom stereocenters. The lowest BCUT2D eigenvalue weighted by molar-refractivity contribution is 0.0623. The van der Waals surface area contributed by atoms with Crippen LogP contribution in [0.3, 0.4) is 0 Å². The number of carbonyl (C=O) groups excluding carboxylic acids is 1. The average molecular weight is 273 g/mol. The number of rotatable bonds is 3. The standard InChI is InChI=1S/C16H23N3O/c1-11-7-12(2)10-19(9-11)16(20)13-3-6-15(17-8-13)18-14-4-5-14/h3,6,8,11-12,14H,4-5,7,9-10H2,1-2H3,(H,17,18). The van der Waals surface area contributed by atoms with Crippen LogP contribution in [0.25, 0.3) is 0 Å². The maximum absolute atomic E-state index is 12.5. The molecule has 1 aromatic heterocycles. The topological polar surface area (TPSA) is 45.2 Å². The third-order valence-electron chi connectivity index (χ3n) is 4.10. The summed E-state index contributed by atoms with van der Waals surface area (Å²) in [5, 5.41) is 3.34. The molecule has 2 unspecified atom stereocenters. The van der Waals surface area contributed by atoms with Crippen molar-refractivity contribution in [3.05, 3.63) is 23.9 Å². The van der Waals surface area contributed by atoms with E-state index in [0.717, 1.165) is 18.9 Å². The van der Waals surface area contributed by atoms with Crippen LogP contribution in [0.5, 0.6) is 0 Å². The van der Waals surface area contributed by atoms with Crippen molar-refractivity contribution in [1.82, 2.24) is 9.88 Å². The summed E-state index contributed by atoms with van der Waals surface area (Å²) in [5.74, 6) is 2.18. The Morgan fingerprint density at radius 2 is 1.95 bits per heavy atom. The van der Waals surface area contributed by atoms with Crippen LogP contribution in [-0.4, -0.2) is 34.9 Å². The van der Waals surface area contributed by atoms with Crippen LogP contribution in [0.15, 0.2) is 18.3 Å². The van der Waals surface area contributed by atoms with Crippen molar-refractivity contribution in [1.29, 1.82) is 0 Å². The lowest BCUT2D eigenvalue weighted by Gasteiger charge is -2.35. The number of carbonyl (C=O) groups is 1. The molecule has 2 aliphatic rings. The molecule has 1 N–H and O–H groups in total. The van der Waals surface area contributed by atoms with E-state index in [1.54, 1.807) is 6.20 Å². The molecule has 0 aromatic carbocycles. The van der Waals surface area contributed by atoms with Crippen molar-refractivity contribution >= 4 is 11.7 Å². The van der Waals surface area contributed by atoms with Crippen LogP contribution >= 0.6 is 0 Å². The van der Waals surface area contributed by atoms with Crippen LogP contribution in [0.1, 0.15) is 43.5 Å². The second kappa shape index (κ2) is 5.43. The number of likely N-dealkylation sites (tertiary alicyclic amines) is 1. The van der Waals surface area contributed by atoms with Gasteiger partial charge in [0.15, 0.2) is 0 Å². The van der Waals surface area contributed by atoms with Gasteiger partial charge in [0.1, 0.15) is 5.82 Å². The van der Waals surface area contributed by atoms with E-state index in [4.69, 9.17) is 0 Å². The van der Waals surface area contributed by atoms with Crippen LogP contribution in [0.2, 0.25) is 0 Å². The number of anilines is 1. The summed E-state index contributed by atoms with van der Waals surface area (Å²) < 4.78 is 0. The SMILES string of the molecule is CC1CC(C)CN(C(=O)c2ccc(NC3CC3)nc2)C1. The molecule has 20 heavy (non-hydrogen) atoms. The summed E-state index contributed by atoms with van der Waals surface area (Å²) >= 11 is 0. The normalized spacial score (nSPS) is 26.4. The highest BCUT2D eigenvalue weighted by Crippen LogP contribution is 2.24. The van der Waals surface area contributed by atoms with Crippen LogP contribution in [0, 0.1) is 11.8 Å². The molecule has 2 fully saturated rings. The van der Waals surface area contributed by atoms with Gasteiger partial charge < -0.3 is 10.2 Å². The molecule has 3 rings (SSSR count). The minimum absolute atomic E-state index is 0.119. The minimum atomic E-state index is 0.119. The first-order chi connectivity index (χ1) is 9.61. The molecule has 4 nitrogen and oxygen atoms in total. The first-order valence-electron chi connectivity index (χ1n) is 7.63. The zero-order valence-electron chi connectivity index (χ0n) is 12.3. The van der Waals surface area contributed by atoms with E-state index in [2.05, 4.69) is 24.1 Å². The fourth-order valence-electron chi connectivity index (χ4n) is 3.05. The molecule has 1 aliphatic carbocycles. The van der Waals surface area contributed by atoms with Crippen molar-refractivity contribution in [2.24, 2.45) is 11.8 Å². The summed E-state index contributed by atoms with van der Waals surface area (Å²) in [5.41, 5.74) is 0.702. The van der Waals surface area contributed by atoms with Gasteiger partial charge in [0, 0.05) is 25.3 Å². The third kappa shape index (κ3) is 3.11. The van der Waals surface area contributed by atoms with Crippen LogP contribution in [-0.2, 0) is 0 Å². The van der Waals surface area contributed by atoms with E-state index in [1.807, 2.05) is 17.0 Å². The highest BCUT2D eigenvalue weighted by Gasteiger charge is 2.26. The molecule has 4 heteroatoms. The molecule has 108 valence electrons. The third-order valence-corrected chi connectivity index (χ3v) is 4.10. The number of amides is 1. The van der Waals surface area contributed by atoms with Crippen molar-refractivity contribution in [2.75, 3.05) is 18.4 Å². The fourth-order valence-corrected chi connectivity index (χ4v) is 3.05. The molecule has 1 saturated heterocycles. The number of hydrogen-bond donors (Lipinski definition) is 1. The molecular formula is C16H23N3O. The van der Waals surface area contributed by atoms with Gasteiger partial charge in [-0.2, -0.15) is 0 Å². The average Bonchev–Trinajstić information content (AvgIpc) is 3.22. The predicted octanol–water partition coefficient (Wildman–Crippen LogP) is 2.77. The van der Waals surface area contributed by atoms with E-state index in [1.165, 1.54) is 19.3 Å². The molecule has 1 amide bonds. The van der Waals surface area contributed by atoms with Gasteiger partial charge in [0.2, 0.25) is 0 Å². The van der Waals surface area contributed by atoms with Gasteiger partial charge in [-0.05, 0) is 43.2 Å². The first-order valence-corrected chi connectivity index (χ1v) is 7.63. The molecule has 1 saturated carbocycles. The molecule has 1 aliphatic heterocycles. The lowest BCUT2D eigenvalue weighted by Crippen LogP contribution is -2.42. The maximum Gasteiger partial charge on any atom is 0.255 e. The van der Waals surface area contributed by atoms with E-state index in [0.29, 0.717) is 23.4 Å². The first kappa shape index (κ1) is 13.4. The zero-order valence-corrected chi connectivity index (χ0v) is 12.3. The van der Waals surface area contributed by atoms with E-state index in [9.17, 15) is 4.79 Å². The monoisotopic (exact) mass is 273 g/mol. The van der Waals surface area contributed by atoms with Gasteiger partial charge >= 0.3 is 0 Å². The summed E-state index contributed by atoms with van der Waals surface area (Å²) in [6.07, 6.45) is 5.38. The number of pyridine rings is 1. The highest BCUT2D eigenvalue weighted by molar-refractivity contribution is 5.94. The quantitative estimate of drug-likeness (QED) is 0.921. The van der Waals surface area contributed by atoms with Crippen LogP contribution in [0.4, 0.5) is 5.82 Å². The van der Waals surface area contributed by atoms with Gasteiger partial charge in [-0.3, -0.25) is 4.79 Å². The predicted molar refractivity (Wildman–Crippen MR) is 79.7 cm³/mol. The highest BCUT2D eigenvalue weighted by atomic mass is 16.2. The number of piperidine rings is 1. The smallest absolute Gasteiger partial charge is 0.255 e. The molecule has 0 radical (unpaired) electrons. The van der Waals surface area contributed by atoms with Gasteiger partial charge in [-0.25, -0.2) is 4.98 Å². The fraction of sp³-hybridized carbons (Fsp3) is 0.625. The number of hydrogen-bond acceptors (Lipinski definition) is 3. The van der Waals surface area contributed by atoms with E-state index in [-0.39, 0.29) is 5.91 Å². The Bertz CT molecular complexity index is 471. The van der Waals surface area contributed by atoms with Gasteiger partial charge in [-0.15, -0.1) is 0 Å². The van der Waals surface area contributed by atoms with Gasteiger partial charge in [-0.1, -0.05) is 13.8 Å². The van der Waals surface area contributed by atoms with Crippen molar-refractivity contribution < 1.29 is 4.79 Å². The number of nitrogens with zero attached hydrogens (tertiary/aromatic N) is 2. The Balaban J connectivity index is 1.66. The Kier molecular flexibility index (Phi) is 3.64. The maximum atomic E-state index is 12.5. The summed E-state index contributed by atoms with van der Waals surface area (Å²) in [6, 6.07) is 4.40. The lowest BCUT2D eigenvalue weighted by atomic mass is 9.91. The molecule has 2 heterocycles. The number of aromatic nitrogens is 1. The Morgan fingerprint density at radius 1 is 1.25 bits per heavy atom. The Labute approximate surface area is 120 Å². The largest absolute Gasteiger partial charge is 0.367 e. The summed E-state index contributed by atoms with van der Waals surface area (Å²) in [6.45, 7) is 6.17. The molecule has 0 bridgehead atoms. The molecular weight excluding hydrogens is 250 g/mol. The van der Waals surface area contributed by atoms with E-state index < -0.39 is 0 Å². The Hall–Kier alpha value is -1.58. The van der Waals surface area contributed by atoms with Gasteiger partial charge in [0.25, 0.3) is 5.91 Å². The number of nitrogens with one attached hydrogen (secondary N) is 1. The van der Waals surface area contributed by atoms with E-state index >= 15 is 0 Å². The second-order valence-corrected chi connectivity index (χ2v) is 6.51. The summed E-state index contributed by atoms with van der Waals surface area (Å²) in [7, 11) is 0. The zero-order chi connectivity index (χ0) is 14.1. The van der Waals surface area contributed by atoms with Crippen molar-refractivity contribution in [3.8, 4) is 0 Å². The van der Waals surface area contributed by atoms with Crippen molar-refractivity contribution in [2.45, 2.75) is 39.2 Å². The van der Waals surface area contributed by atoms with Crippen molar-refractivity contribution in [3.63, 3.8) is 0 Å². The Morgan fingerprint density at radius 3 is 2.50 bits per heavy atom. The molecule has 1 aromatic rings. The summed E-state index contributed by atoms with van der Waals surface area (Å²) in [4.78, 5) is 18.8.